The molecule has 26 heavy (non-hydrogen) atoms. The second-order valence-corrected chi connectivity index (χ2v) is 6.05. The van der Waals surface area contributed by atoms with Crippen molar-refractivity contribution in [2.45, 2.75) is 12.6 Å². The molecule has 2 N–H and O–H groups in total. The summed E-state index contributed by atoms with van der Waals surface area (Å²) in [6.07, 6.45) is -4.07. The Morgan fingerprint density at radius 3 is 2.69 bits per heavy atom. The van der Waals surface area contributed by atoms with Gasteiger partial charge in [-0.15, -0.1) is 11.3 Å². The van der Waals surface area contributed by atoms with E-state index in [1.807, 2.05) is 0 Å². The summed E-state index contributed by atoms with van der Waals surface area (Å²) in [6.45, 7) is 1.10. The number of benzene rings is 1. The molecule has 0 saturated heterocycles. The van der Waals surface area contributed by atoms with Crippen LogP contribution < -0.4 is 15.4 Å². The molecule has 0 aliphatic carbocycles. The summed E-state index contributed by atoms with van der Waals surface area (Å²) in [5.41, 5.74) is -0.866. The van der Waals surface area contributed by atoms with Crippen molar-refractivity contribution in [3.05, 3.63) is 46.2 Å². The minimum Gasteiger partial charge on any atom is -0.492 e. The topological polar surface area (TPSA) is 58.5 Å². The number of ether oxygens (including phenoxy) is 1. The Hall–Kier alpha value is -2.36. The molecule has 1 aromatic heterocycles. The van der Waals surface area contributed by atoms with E-state index in [9.17, 15) is 17.6 Å². The monoisotopic (exact) mass is 390 g/mol. The lowest BCUT2D eigenvalue weighted by Crippen LogP contribution is -2.40. The maximum Gasteiger partial charge on any atom is 0.434 e. The molecular formula is C16H18F4N4OS. The number of nitrogens with one attached hydrogen (secondary N) is 2. The first kappa shape index (κ1) is 20.0. The van der Waals surface area contributed by atoms with Crippen molar-refractivity contribution in [3.63, 3.8) is 0 Å². The van der Waals surface area contributed by atoms with Crippen LogP contribution in [0, 0.1) is 5.82 Å². The van der Waals surface area contributed by atoms with Crippen molar-refractivity contribution in [2.24, 2.45) is 4.99 Å². The molecule has 0 radical (unpaired) electrons. The minimum absolute atomic E-state index is 0.297. The van der Waals surface area contributed by atoms with Crippen LogP contribution in [0.4, 0.5) is 17.6 Å². The molecule has 142 valence electrons. The second-order valence-electron chi connectivity index (χ2n) is 5.11. The standard InChI is InChI=1S/C16H18F4N4OS/c1-21-15(23-7-8-25-12-4-2-3-11(17)9-12)22-6-5-14-24-13(10-26-14)16(18,19)20/h2-4,9-10H,5-8H2,1H3,(H2,21,22,23). The largest absolute Gasteiger partial charge is 0.492 e. The molecule has 0 aliphatic heterocycles. The summed E-state index contributed by atoms with van der Waals surface area (Å²) in [7, 11) is 1.58. The van der Waals surface area contributed by atoms with E-state index >= 15 is 0 Å². The van der Waals surface area contributed by atoms with Gasteiger partial charge in [0.1, 0.15) is 18.2 Å². The number of alkyl halides is 3. The first-order valence-corrected chi connectivity index (χ1v) is 8.61. The summed E-state index contributed by atoms with van der Waals surface area (Å²) in [5.74, 6) is 0.545. The fourth-order valence-electron chi connectivity index (χ4n) is 1.96. The molecule has 10 heteroatoms. The van der Waals surface area contributed by atoms with Gasteiger partial charge in [0.05, 0.1) is 11.6 Å². The Kier molecular flexibility index (Phi) is 7.19. The van der Waals surface area contributed by atoms with Crippen LogP contribution >= 0.6 is 11.3 Å². The van der Waals surface area contributed by atoms with Gasteiger partial charge in [-0.3, -0.25) is 4.99 Å². The third-order valence-electron chi connectivity index (χ3n) is 3.16. The van der Waals surface area contributed by atoms with Crippen LogP contribution in [0.2, 0.25) is 0 Å². The van der Waals surface area contributed by atoms with Crippen molar-refractivity contribution in [2.75, 3.05) is 26.7 Å². The highest BCUT2D eigenvalue weighted by molar-refractivity contribution is 7.09. The van der Waals surface area contributed by atoms with E-state index in [1.54, 1.807) is 19.2 Å². The maximum absolute atomic E-state index is 13.0. The number of thiazole rings is 1. The van der Waals surface area contributed by atoms with Gasteiger partial charge in [0.2, 0.25) is 0 Å². The molecule has 1 heterocycles. The number of aliphatic imine (C=N–C) groups is 1. The number of rotatable bonds is 7. The van der Waals surface area contributed by atoms with Crippen LogP contribution in [-0.4, -0.2) is 37.7 Å². The van der Waals surface area contributed by atoms with Gasteiger partial charge in [-0.05, 0) is 12.1 Å². The van der Waals surface area contributed by atoms with Crippen LogP contribution in [0.5, 0.6) is 5.75 Å². The van der Waals surface area contributed by atoms with Gasteiger partial charge in [-0.2, -0.15) is 13.2 Å². The van der Waals surface area contributed by atoms with Crippen molar-refractivity contribution in [3.8, 4) is 5.75 Å². The molecular weight excluding hydrogens is 372 g/mol. The average molecular weight is 390 g/mol. The summed E-state index contributed by atoms with van der Waals surface area (Å²) >= 11 is 0.974. The number of guanidine groups is 1. The van der Waals surface area contributed by atoms with Crippen molar-refractivity contribution in [1.29, 1.82) is 0 Å². The van der Waals surface area contributed by atoms with Crippen LogP contribution in [0.1, 0.15) is 10.7 Å². The van der Waals surface area contributed by atoms with E-state index < -0.39 is 11.9 Å². The summed E-state index contributed by atoms with van der Waals surface area (Å²) in [5, 5.41) is 7.38. The second kappa shape index (κ2) is 9.37. The summed E-state index contributed by atoms with van der Waals surface area (Å²) in [6, 6.07) is 5.83. The molecule has 0 saturated carbocycles. The molecule has 2 aromatic rings. The van der Waals surface area contributed by atoms with Gasteiger partial charge in [0.15, 0.2) is 11.7 Å². The summed E-state index contributed by atoms with van der Waals surface area (Å²) in [4.78, 5) is 7.57. The van der Waals surface area contributed by atoms with Crippen LogP contribution in [0.25, 0.3) is 0 Å². The normalized spacial score (nSPS) is 12.1. The molecule has 0 unspecified atom stereocenters. The fraction of sp³-hybridized carbons (Fsp3) is 0.375. The lowest BCUT2D eigenvalue weighted by atomic mass is 10.3. The number of hydrogen-bond acceptors (Lipinski definition) is 4. The average Bonchev–Trinajstić information content (AvgIpc) is 3.06. The highest BCUT2D eigenvalue weighted by atomic mass is 32.1. The van der Waals surface area contributed by atoms with E-state index in [0.29, 0.717) is 42.8 Å². The van der Waals surface area contributed by atoms with Crippen LogP contribution in [-0.2, 0) is 12.6 Å². The highest BCUT2D eigenvalue weighted by Crippen LogP contribution is 2.29. The summed E-state index contributed by atoms with van der Waals surface area (Å²) < 4.78 is 55.9. The van der Waals surface area contributed by atoms with E-state index in [0.717, 1.165) is 16.7 Å². The molecule has 0 spiro atoms. The van der Waals surface area contributed by atoms with Crippen LogP contribution in [0.15, 0.2) is 34.6 Å². The molecule has 2 rings (SSSR count). The smallest absolute Gasteiger partial charge is 0.434 e. The molecule has 0 fully saturated rings. The Labute approximate surface area is 152 Å². The SMILES string of the molecule is CN=C(NCCOc1cccc(F)c1)NCCc1nc(C(F)(F)F)cs1. The predicted molar refractivity (Wildman–Crippen MR) is 92.1 cm³/mol. The number of hydrogen-bond donors (Lipinski definition) is 2. The third kappa shape index (κ3) is 6.51. The molecule has 1 aromatic carbocycles. The number of nitrogens with zero attached hydrogens (tertiary/aromatic N) is 2. The molecule has 0 aliphatic rings. The van der Waals surface area contributed by atoms with Gasteiger partial charge < -0.3 is 15.4 Å². The van der Waals surface area contributed by atoms with E-state index in [-0.39, 0.29) is 5.82 Å². The van der Waals surface area contributed by atoms with Crippen molar-refractivity contribution in [1.82, 2.24) is 15.6 Å². The quantitative estimate of drug-likeness (QED) is 0.330. The third-order valence-corrected chi connectivity index (χ3v) is 4.07. The van der Waals surface area contributed by atoms with Gasteiger partial charge in [-0.1, -0.05) is 6.07 Å². The molecule has 0 bridgehead atoms. The Bertz CT molecular complexity index is 733. The molecule has 0 amide bonds. The van der Waals surface area contributed by atoms with Gasteiger partial charge >= 0.3 is 6.18 Å². The zero-order chi connectivity index (χ0) is 19.0. The van der Waals surface area contributed by atoms with Crippen LogP contribution in [0.3, 0.4) is 0 Å². The van der Waals surface area contributed by atoms with E-state index in [2.05, 4.69) is 20.6 Å². The fourth-order valence-corrected chi connectivity index (χ4v) is 2.76. The van der Waals surface area contributed by atoms with E-state index in [1.165, 1.54) is 12.1 Å². The Balaban J connectivity index is 1.67. The van der Waals surface area contributed by atoms with Gasteiger partial charge in [0, 0.05) is 31.5 Å². The Morgan fingerprint density at radius 1 is 1.27 bits per heavy atom. The number of halogens is 4. The lowest BCUT2D eigenvalue weighted by molar-refractivity contribution is -0.140. The molecule has 0 atom stereocenters. The molecule has 5 nitrogen and oxygen atoms in total. The number of aromatic nitrogens is 1. The highest BCUT2D eigenvalue weighted by Gasteiger charge is 2.33. The van der Waals surface area contributed by atoms with Crippen molar-refractivity contribution < 1.29 is 22.3 Å². The Morgan fingerprint density at radius 2 is 2.04 bits per heavy atom. The first-order valence-electron chi connectivity index (χ1n) is 7.73. The zero-order valence-electron chi connectivity index (χ0n) is 13.9. The predicted octanol–water partition coefficient (Wildman–Crippen LogP) is 3.09. The lowest BCUT2D eigenvalue weighted by Gasteiger charge is -2.12. The van der Waals surface area contributed by atoms with Gasteiger partial charge in [-0.25, -0.2) is 9.37 Å². The maximum atomic E-state index is 13.0. The van der Waals surface area contributed by atoms with Crippen molar-refractivity contribution >= 4 is 17.3 Å². The minimum atomic E-state index is -4.42. The van der Waals surface area contributed by atoms with Gasteiger partial charge in [0.25, 0.3) is 0 Å². The first-order chi connectivity index (χ1) is 12.4. The van der Waals surface area contributed by atoms with E-state index in [4.69, 9.17) is 4.74 Å². The zero-order valence-corrected chi connectivity index (χ0v) is 14.8.